The second-order valence-electron chi connectivity index (χ2n) is 7.91. The van der Waals surface area contributed by atoms with E-state index in [4.69, 9.17) is 0 Å². The van der Waals surface area contributed by atoms with Crippen LogP contribution in [0.5, 0.6) is 0 Å². The number of guanidine groups is 1. The van der Waals surface area contributed by atoms with Gasteiger partial charge in [-0.2, -0.15) is 0 Å². The Labute approximate surface area is 209 Å². The van der Waals surface area contributed by atoms with Crippen LogP contribution in [0.2, 0.25) is 0 Å². The molecule has 0 unspecified atom stereocenters. The molecular formula is C24H35IN4O2S. The highest BCUT2D eigenvalue weighted by atomic mass is 127. The number of hydrogen-bond acceptors (Lipinski definition) is 4. The Bertz CT molecular complexity index is 928. The Morgan fingerprint density at radius 1 is 0.969 bits per heavy atom. The first kappa shape index (κ1) is 26.6. The van der Waals surface area contributed by atoms with Gasteiger partial charge < -0.3 is 10.6 Å². The number of benzene rings is 2. The Hall–Kier alpha value is -1.65. The third-order valence-corrected chi connectivity index (χ3v) is 7.19. The van der Waals surface area contributed by atoms with Crippen molar-refractivity contribution < 1.29 is 8.42 Å². The molecule has 0 spiro atoms. The predicted molar refractivity (Wildman–Crippen MR) is 142 cm³/mol. The first-order valence-electron chi connectivity index (χ1n) is 11.2. The average Bonchev–Trinajstić information content (AvgIpc) is 3.29. The van der Waals surface area contributed by atoms with E-state index in [2.05, 4.69) is 44.8 Å². The van der Waals surface area contributed by atoms with Gasteiger partial charge >= 0.3 is 0 Å². The molecule has 32 heavy (non-hydrogen) atoms. The lowest BCUT2D eigenvalue weighted by molar-refractivity contribution is 0.331. The second-order valence-corrected chi connectivity index (χ2v) is 10.0. The molecule has 0 saturated carbocycles. The lowest BCUT2D eigenvalue weighted by Crippen LogP contribution is -2.38. The molecule has 0 atom stereocenters. The van der Waals surface area contributed by atoms with Gasteiger partial charge in [-0.3, -0.25) is 4.90 Å². The summed E-state index contributed by atoms with van der Waals surface area (Å²) >= 11 is 0. The lowest BCUT2D eigenvalue weighted by atomic mass is 10.1. The zero-order chi connectivity index (χ0) is 21.9. The van der Waals surface area contributed by atoms with Crippen LogP contribution in [-0.2, 0) is 22.9 Å². The number of halogens is 1. The lowest BCUT2D eigenvalue weighted by Gasteiger charge is -2.14. The summed E-state index contributed by atoms with van der Waals surface area (Å²) in [5.74, 6) is 0.822. The number of hydrogen-bond donors (Lipinski definition) is 2. The van der Waals surface area contributed by atoms with Gasteiger partial charge in [0.15, 0.2) is 15.8 Å². The Morgan fingerprint density at radius 3 is 2.28 bits per heavy atom. The molecule has 0 aliphatic carbocycles. The van der Waals surface area contributed by atoms with E-state index in [1.54, 1.807) is 24.3 Å². The molecule has 1 saturated heterocycles. The summed E-state index contributed by atoms with van der Waals surface area (Å²) in [6.45, 7) is 7.34. The summed E-state index contributed by atoms with van der Waals surface area (Å²) < 4.78 is 24.7. The van der Waals surface area contributed by atoms with Crippen LogP contribution in [0.1, 0.15) is 37.3 Å². The minimum absolute atomic E-state index is 0. The SMILES string of the molecule is CCNC(=NCc1ccc(CN2CCCC2)cc1)NCCCS(=O)(=O)c1ccccc1.I. The zero-order valence-corrected chi connectivity index (χ0v) is 21.9. The van der Waals surface area contributed by atoms with E-state index in [-0.39, 0.29) is 29.7 Å². The van der Waals surface area contributed by atoms with Crippen LogP contribution in [0, 0.1) is 0 Å². The van der Waals surface area contributed by atoms with Crippen LogP contribution in [0.15, 0.2) is 64.5 Å². The Morgan fingerprint density at radius 2 is 1.62 bits per heavy atom. The normalized spacial score (nSPS) is 14.7. The van der Waals surface area contributed by atoms with Crippen LogP contribution < -0.4 is 10.6 Å². The molecule has 3 rings (SSSR count). The fraction of sp³-hybridized carbons (Fsp3) is 0.458. The van der Waals surface area contributed by atoms with E-state index >= 15 is 0 Å². The van der Waals surface area contributed by atoms with E-state index in [0.29, 0.717) is 30.4 Å². The van der Waals surface area contributed by atoms with Gasteiger partial charge in [0.2, 0.25) is 0 Å². The molecule has 1 heterocycles. The van der Waals surface area contributed by atoms with Crippen LogP contribution in [0.3, 0.4) is 0 Å². The van der Waals surface area contributed by atoms with E-state index in [1.165, 1.54) is 31.5 Å². The van der Waals surface area contributed by atoms with Crippen molar-refractivity contribution in [1.82, 2.24) is 15.5 Å². The summed E-state index contributed by atoms with van der Waals surface area (Å²) in [5, 5.41) is 6.47. The Balaban J connectivity index is 0.00000363. The zero-order valence-electron chi connectivity index (χ0n) is 18.8. The van der Waals surface area contributed by atoms with Gasteiger partial charge in [0.25, 0.3) is 0 Å². The van der Waals surface area contributed by atoms with Crippen molar-refractivity contribution in [2.75, 3.05) is 31.9 Å². The highest BCUT2D eigenvalue weighted by Gasteiger charge is 2.13. The van der Waals surface area contributed by atoms with E-state index < -0.39 is 9.84 Å². The summed E-state index contributed by atoms with van der Waals surface area (Å²) in [4.78, 5) is 7.52. The highest BCUT2D eigenvalue weighted by Crippen LogP contribution is 2.14. The van der Waals surface area contributed by atoms with Crippen LogP contribution in [0.25, 0.3) is 0 Å². The van der Waals surface area contributed by atoms with Gasteiger partial charge in [-0.25, -0.2) is 13.4 Å². The molecule has 176 valence electrons. The number of nitrogens with zero attached hydrogens (tertiary/aromatic N) is 2. The maximum Gasteiger partial charge on any atom is 0.191 e. The van der Waals surface area contributed by atoms with Crippen molar-refractivity contribution >= 4 is 39.8 Å². The van der Waals surface area contributed by atoms with Gasteiger partial charge in [0.05, 0.1) is 17.2 Å². The molecule has 8 heteroatoms. The van der Waals surface area contributed by atoms with E-state index in [0.717, 1.165) is 18.7 Å². The van der Waals surface area contributed by atoms with Gasteiger partial charge in [0, 0.05) is 19.6 Å². The molecule has 2 aromatic carbocycles. The van der Waals surface area contributed by atoms with Gasteiger partial charge in [-0.15, -0.1) is 24.0 Å². The minimum Gasteiger partial charge on any atom is -0.357 e. The third kappa shape index (κ3) is 8.71. The molecule has 2 N–H and O–H groups in total. The topological polar surface area (TPSA) is 73.8 Å². The van der Waals surface area contributed by atoms with Crippen molar-refractivity contribution in [2.45, 2.75) is 44.2 Å². The fourth-order valence-electron chi connectivity index (χ4n) is 3.68. The van der Waals surface area contributed by atoms with Crippen molar-refractivity contribution in [3.63, 3.8) is 0 Å². The van der Waals surface area contributed by atoms with Crippen molar-refractivity contribution in [1.29, 1.82) is 0 Å². The molecular weight excluding hydrogens is 535 g/mol. The van der Waals surface area contributed by atoms with Gasteiger partial charge in [-0.05, 0) is 62.5 Å². The summed E-state index contributed by atoms with van der Waals surface area (Å²) in [7, 11) is -3.24. The van der Waals surface area contributed by atoms with Crippen LogP contribution >= 0.6 is 24.0 Å². The van der Waals surface area contributed by atoms with Crippen molar-refractivity contribution in [3.05, 3.63) is 65.7 Å². The van der Waals surface area contributed by atoms with Gasteiger partial charge in [0.1, 0.15) is 0 Å². The fourth-order valence-corrected chi connectivity index (χ4v) is 5.01. The summed E-state index contributed by atoms with van der Waals surface area (Å²) in [6, 6.07) is 17.3. The summed E-state index contributed by atoms with van der Waals surface area (Å²) in [6.07, 6.45) is 3.14. The third-order valence-electron chi connectivity index (χ3n) is 5.38. The smallest absolute Gasteiger partial charge is 0.191 e. The molecule has 0 amide bonds. The average molecular weight is 571 g/mol. The number of rotatable bonds is 10. The molecule has 1 aliphatic heterocycles. The van der Waals surface area contributed by atoms with Gasteiger partial charge in [-0.1, -0.05) is 42.5 Å². The predicted octanol–water partition coefficient (Wildman–Crippen LogP) is 3.82. The van der Waals surface area contributed by atoms with Crippen molar-refractivity contribution in [2.24, 2.45) is 4.99 Å². The van der Waals surface area contributed by atoms with Crippen molar-refractivity contribution in [3.8, 4) is 0 Å². The molecule has 1 fully saturated rings. The first-order chi connectivity index (χ1) is 15.1. The van der Waals surface area contributed by atoms with Crippen LogP contribution in [-0.4, -0.2) is 51.2 Å². The molecule has 0 aromatic heterocycles. The number of nitrogens with one attached hydrogen (secondary N) is 2. The monoisotopic (exact) mass is 570 g/mol. The minimum atomic E-state index is -3.24. The van der Waals surface area contributed by atoms with E-state index in [9.17, 15) is 8.42 Å². The maximum absolute atomic E-state index is 12.4. The first-order valence-corrected chi connectivity index (χ1v) is 12.8. The molecule has 1 aliphatic rings. The molecule has 6 nitrogen and oxygen atoms in total. The largest absolute Gasteiger partial charge is 0.357 e. The number of sulfone groups is 1. The second kappa shape index (κ2) is 13.8. The molecule has 0 radical (unpaired) electrons. The standard InChI is InChI=1S/C24H34N4O2S.HI/c1-2-25-24(26-15-8-18-31(29,30)23-9-4-3-5-10-23)27-19-21-11-13-22(14-12-21)20-28-16-6-7-17-28;/h3-5,9-14H,2,6-8,15-20H2,1H3,(H2,25,26,27);1H. The summed E-state index contributed by atoms with van der Waals surface area (Å²) in [5.41, 5.74) is 2.51. The Kier molecular flexibility index (Phi) is 11.5. The molecule has 2 aromatic rings. The number of likely N-dealkylation sites (tertiary alicyclic amines) is 1. The quantitative estimate of drug-likeness (QED) is 0.197. The number of aliphatic imine (C=N–C) groups is 1. The molecule has 0 bridgehead atoms. The van der Waals surface area contributed by atoms with Crippen LogP contribution in [0.4, 0.5) is 0 Å². The maximum atomic E-state index is 12.4. The highest BCUT2D eigenvalue weighted by molar-refractivity contribution is 14.0. The van der Waals surface area contributed by atoms with E-state index in [1.807, 2.05) is 13.0 Å².